The fraction of sp³-hybridized carbons (Fsp3) is 0.579. The summed E-state index contributed by atoms with van der Waals surface area (Å²) in [5.41, 5.74) is 0.898. The van der Waals surface area contributed by atoms with Gasteiger partial charge in [-0.1, -0.05) is 12.1 Å². The van der Waals surface area contributed by atoms with E-state index in [1.807, 2.05) is 13.8 Å². The minimum absolute atomic E-state index is 0. The second kappa shape index (κ2) is 11.1. The van der Waals surface area contributed by atoms with E-state index >= 15 is 0 Å². The van der Waals surface area contributed by atoms with Gasteiger partial charge in [0.2, 0.25) is 0 Å². The Morgan fingerprint density at radius 3 is 2.52 bits per heavy atom. The zero-order valence-electron chi connectivity index (χ0n) is 16.3. The van der Waals surface area contributed by atoms with Crippen LogP contribution in [-0.4, -0.2) is 51.3 Å². The number of halogens is 1. The smallest absolute Gasteiger partial charge is 0.319 e. The number of hydrogen-bond donors (Lipinski definition) is 4. The molecule has 1 saturated heterocycles. The molecule has 0 aromatic heterocycles. The SMILES string of the molecule is COCC1(CNC(=O)c2ccccc2NC(=O)NC(C)C)CCNCC1.Cl. The molecule has 7 nitrogen and oxygen atoms in total. The van der Waals surface area contributed by atoms with Crippen LogP contribution in [0.15, 0.2) is 24.3 Å². The van der Waals surface area contributed by atoms with Crippen LogP contribution in [0.1, 0.15) is 37.0 Å². The molecule has 0 unspecified atom stereocenters. The largest absolute Gasteiger partial charge is 0.384 e. The van der Waals surface area contributed by atoms with Crippen LogP contribution in [0.5, 0.6) is 0 Å². The fourth-order valence-corrected chi connectivity index (χ4v) is 3.21. The molecular weight excluding hydrogens is 368 g/mol. The van der Waals surface area contributed by atoms with Crippen molar-refractivity contribution in [2.24, 2.45) is 5.41 Å². The molecule has 1 aromatic rings. The average molecular weight is 399 g/mol. The number of anilines is 1. The van der Waals surface area contributed by atoms with Crippen molar-refractivity contribution in [3.05, 3.63) is 29.8 Å². The van der Waals surface area contributed by atoms with Crippen molar-refractivity contribution in [1.29, 1.82) is 0 Å². The molecule has 0 spiro atoms. The molecule has 0 saturated carbocycles. The molecular formula is C19H31ClN4O3. The number of rotatable bonds is 7. The minimum atomic E-state index is -0.325. The van der Waals surface area contributed by atoms with E-state index in [2.05, 4.69) is 21.3 Å². The number of methoxy groups -OCH3 is 1. The number of nitrogens with one attached hydrogen (secondary N) is 4. The highest BCUT2D eigenvalue weighted by Crippen LogP contribution is 2.28. The number of amides is 3. The zero-order valence-corrected chi connectivity index (χ0v) is 17.1. The first-order valence-electron chi connectivity index (χ1n) is 9.10. The van der Waals surface area contributed by atoms with E-state index in [1.165, 1.54) is 0 Å². The van der Waals surface area contributed by atoms with Gasteiger partial charge in [-0.05, 0) is 51.9 Å². The quantitative estimate of drug-likeness (QED) is 0.567. The average Bonchev–Trinajstić information content (AvgIpc) is 2.60. The topological polar surface area (TPSA) is 91.5 Å². The highest BCUT2D eigenvalue weighted by molar-refractivity contribution is 6.03. The first-order valence-corrected chi connectivity index (χ1v) is 9.10. The van der Waals surface area contributed by atoms with Crippen molar-refractivity contribution in [3.8, 4) is 0 Å². The Hall–Kier alpha value is -1.83. The van der Waals surface area contributed by atoms with Crippen molar-refractivity contribution in [2.75, 3.05) is 38.7 Å². The van der Waals surface area contributed by atoms with Gasteiger partial charge in [0.15, 0.2) is 0 Å². The summed E-state index contributed by atoms with van der Waals surface area (Å²) in [7, 11) is 1.69. The summed E-state index contributed by atoms with van der Waals surface area (Å²) in [4.78, 5) is 24.7. The molecule has 27 heavy (non-hydrogen) atoms. The van der Waals surface area contributed by atoms with Gasteiger partial charge in [0, 0.05) is 25.1 Å². The van der Waals surface area contributed by atoms with E-state index in [9.17, 15) is 9.59 Å². The van der Waals surface area contributed by atoms with E-state index in [0.29, 0.717) is 24.4 Å². The number of piperidine rings is 1. The lowest BCUT2D eigenvalue weighted by molar-refractivity contribution is 0.0512. The zero-order chi connectivity index (χ0) is 19.0. The third kappa shape index (κ3) is 7.01. The summed E-state index contributed by atoms with van der Waals surface area (Å²) in [5, 5.41) is 11.9. The lowest BCUT2D eigenvalue weighted by atomic mass is 9.79. The second-order valence-electron chi connectivity index (χ2n) is 7.16. The van der Waals surface area contributed by atoms with Crippen LogP contribution < -0.4 is 21.3 Å². The van der Waals surface area contributed by atoms with Crippen LogP contribution >= 0.6 is 12.4 Å². The fourth-order valence-electron chi connectivity index (χ4n) is 3.21. The Morgan fingerprint density at radius 1 is 1.22 bits per heavy atom. The highest BCUT2D eigenvalue weighted by Gasteiger charge is 2.32. The lowest BCUT2D eigenvalue weighted by Crippen LogP contribution is -2.47. The highest BCUT2D eigenvalue weighted by atomic mass is 35.5. The summed E-state index contributed by atoms with van der Waals surface area (Å²) in [5.74, 6) is -0.195. The number of hydrogen-bond acceptors (Lipinski definition) is 4. The standard InChI is InChI=1S/C19H30N4O3.ClH/c1-14(2)22-18(25)23-16-7-5-4-6-15(16)17(24)21-12-19(13-26-3)8-10-20-11-9-19;/h4-7,14,20H,8-13H2,1-3H3,(H,21,24)(H2,22,23,25);1H. The van der Waals surface area contributed by atoms with E-state index in [0.717, 1.165) is 25.9 Å². The van der Waals surface area contributed by atoms with Crippen LogP contribution in [0, 0.1) is 5.41 Å². The van der Waals surface area contributed by atoms with Crippen LogP contribution in [0.2, 0.25) is 0 Å². The molecule has 0 aliphatic carbocycles. The van der Waals surface area contributed by atoms with Crippen molar-refractivity contribution in [3.63, 3.8) is 0 Å². The Bertz CT molecular complexity index is 613. The predicted octanol–water partition coefficient (Wildman–Crippen LogP) is 2.38. The number of benzene rings is 1. The van der Waals surface area contributed by atoms with Gasteiger partial charge < -0.3 is 26.0 Å². The maximum Gasteiger partial charge on any atom is 0.319 e. The Morgan fingerprint density at radius 2 is 1.89 bits per heavy atom. The van der Waals surface area contributed by atoms with E-state index in [4.69, 9.17) is 4.74 Å². The van der Waals surface area contributed by atoms with Gasteiger partial charge >= 0.3 is 6.03 Å². The molecule has 1 aromatic carbocycles. The number of urea groups is 1. The van der Waals surface area contributed by atoms with Gasteiger partial charge in [0.05, 0.1) is 17.9 Å². The molecule has 0 radical (unpaired) electrons. The van der Waals surface area contributed by atoms with Crippen LogP contribution in [0.4, 0.5) is 10.5 Å². The maximum atomic E-state index is 12.7. The summed E-state index contributed by atoms with van der Waals surface area (Å²) in [6, 6.07) is 6.71. The monoisotopic (exact) mass is 398 g/mol. The Labute approximate surface area is 167 Å². The van der Waals surface area contributed by atoms with E-state index in [1.54, 1.807) is 31.4 Å². The van der Waals surface area contributed by atoms with Crippen molar-refractivity contribution < 1.29 is 14.3 Å². The third-order valence-corrected chi connectivity index (χ3v) is 4.58. The second-order valence-corrected chi connectivity index (χ2v) is 7.16. The molecule has 0 atom stereocenters. The number of para-hydroxylation sites is 1. The Kier molecular flexibility index (Phi) is 9.55. The summed E-state index contributed by atoms with van der Waals surface area (Å²) in [6.45, 7) is 6.78. The molecule has 1 fully saturated rings. The molecule has 8 heteroatoms. The third-order valence-electron chi connectivity index (χ3n) is 4.58. The van der Waals surface area contributed by atoms with Gasteiger partial charge in [0.1, 0.15) is 0 Å². The first-order chi connectivity index (χ1) is 12.5. The molecule has 2 rings (SSSR count). The van der Waals surface area contributed by atoms with Gasteiger partial charge in [0.25, 0.3) is 5.91 Å². The molecule has 1 heterocycles. The first kappa shape index (κ1) is 23.2. The number of carbonyl (C=O) groups excluding carboxylic acids is 2. The number of ether oxygens (including phenoxy) is 1. The van der Waals surface area contributed by atoms with Gasteiger partial charge in [-0.25, -0.2) is 4.79 Å². The van der Waals surface area contributed by atoms with Crippen LogP contribution in [0.25, 0.3) is 0 Å². The summed E-state index contributed by atoms with van der Waals surface area (Å²) >= 11 is 0. The van der Waals surface area contributed by atoms with E-state index in [-0.39, 0.29) is 35.8 Å². The van der Waals surface area contributed by atoms with E-state index < -0.39 is 0 Å². The van der Waals surface area contributed by atoms with Crippen LogP contribution in [-0.2, 0) is 4.74 Å². The normalized spacial score (nSPS) is 15.6. The summed E-state index contributed by atoms with van der Waals surface area (Å²) < 4.78 is 5.39. The molecule has 4 N–H and O–H groups in total. The summed E-state index contributed by atoms with van der Waals surface area (Å²) in [6.07, 6.45) is 1.91. The Balaban J connectivity index is 0.00000364. The van der Waals surface area contributed by atoms with Gasteiger partial charge in [-0.3, -0.25) is 4.79 Å². The van der Waals surface area contributed by atoms with Gasteiger partial charge in [-0.15, -0.1) is 12.4 Å². The number of carbonyl (C=O) groups is 2. The molecule has 1 aliphatic heterocycles. The minimum Gasteiger partial charge on any atom is -0.384 e. The predicted molar refractivity (Wildman–Crippen MR) is 110 cm³/mol. The van der Waals surface area contributed by atoms with Gasteiger partial charge in [-0.2, -0.15) is 0 Å². The maximum absolute atomic E-state index is 12.7. The lowest BCUT2D eigenvalue weighted by Gasteiger charge is -2.37. The molecule has 0 bridgehead atoms. The van der Waals surface area contributed by atoms with Crippen molar-refractivity contribution >= 4 is 30.0 Å². The molecule has 152 valence electrons. The van der Waals surface area contributed by atoms with Crippen molar-refractivity contribution in [2.45, 2.75) is 32.7 Å². The van der Waals surface area contributed by atoms with Crippen LogP contribution in [0.3, 0.4) is 0 Å². The molecule has 1 aliphatic rings. The van der Waals surface area contributed by atoms with Crippen molar-refractivity contribution in [1.82, 2.24) is 16.0 Å². The molecule has 3 amide bonds.